The fraction of sp³-hybridized carbons (Fsp3) is 0.438. The lowest BCUT2D eigenvalue weighted by Gasteiger charge is -2.34. The smallest absolute Gasteiger partial charge is 0.340 e. The van der Waals surface area contributed by atoms with Gasteiger partial charge in [-0.25, -0.2) is 15.6 Å². The van der Waals surface area contributed by atoms with E-state index in [9.17, 15) is 19.5 Å². The van der Waals surface area contributed by atoms with Crippen LogP contribution in [0.25, 0.3) is 22.3 Å². The Bertz CT molecular complexity index is 1740. The molecule has 1 unspecified atom stereocenters. The van der Waals surface area contributed by atoms with E-state index in [-0.39, 0.29) is 42.3 Å². The summed E-state index contributed by atoms with van der Waals surface area (Å²) >= 11 is 0. The molecule has 1 amide bonds. The van der Waals surface area contributed by atoms with Crippen LogP contribution in [0.3, 0.4) is 0 Å². The molecule has 1 atom stereocenters. The minimum Gasteiger partial charge on any atom is -0.458 e. The highest BCUT2D eigenvalue weighted by Gasteiger charge is 2.35. The summed E-state index contributed by atoms with van der Waals surface area (Å²) in [6, 6.07) is 5.75. The van der Waals surface area contributed by atoms with Gasteiger partial charge >= 0.3 is 5.97 Å². The first-order valence-electron chi connectivity index (χ1n) is 15.2. The average molecular weight is 620 g/mol. The maximum Gasteiger partial charge on any atom is 0.340 e. The number of hydrogen-bond acceptors (Lipinski definition) is 11. The van der Waals surface area contributed by atoms with Crippen LogP contribution in [0, 0.1) is 13.8 Å². The standard InChI is InChI=1S/C30H35N7O6.C2H6/c1-16-7-19-21(12-36(32)11-18(31)10-34-3-5-35(6-4-34)26(39)14-38)22-13-37-25(27(22)33-24(19)8-17(16)2)9-20-23(29(37)41)15-43-30(42)28(20)40;1-2/h7-9,11,28,38,40H,3-6,10,12-15,31-32H2,1-2H3;1-2H3/b18-11-;. The number of hydrazine groups is 1. The van der Waals surface area contributed by atoms with Crippen LogP contribution in [0.5, 0.6) is 0 Å². The topological polar surface area (TPSA) is 180 Å². The van der Waals surface area contributed by atoms with Gasteiger partial charge in [-0.3, -0.25) is 14.5 Å². The van der Waals surface area contributed by atoms with Crippen molar-refractivity contribution < 1.29 is 24.5 Å². The van der Waals surface area contributed by atoms with Gasteiger partial charge in [-0.15, -0.1) is 0 Å². The number of aryl methyl sites for hydroxylation is 2. The van der Waals surface area contributed by atoms with Gasteiger partial charge in [0.2, 0.25) is 5.91 Å². The molecule has 5 heterocycles. The Morgan fingerprint density at radius 1 is 1.11 bits per heavy atom. The fourth-order valence-corrected chi connectivity index (χ4v) is 6.14. The molecule has 13 nitrogen and oxygen atoms in total. The molecule has 3 aromatic rings. The summed E-state index contributed by atoms with van der Waals surface area (Å²) in [4.78, 5) is 46.0. The maximum absolute atomic E-state index is 13.5. The number of pyridine rings is 2. The molecule has 1 saturated heterocycles. The third kappa shape index (κ3) is 6.03. The predicted molar refractivity (Wildman–Crippen MR) is 168 cm³/mol. The Balaban J connectivity index is 0.00000196. The number of benzene rings is 1. The van der Waals surface area contributed by atoms with Crippen LogP contribution in [0.15, 0.2) is 34.9 Å². The van der Waals surface area contributed by atoms with Crippen molar-refractivity contribution in [3.63, 3.8) is 0 Å². The Morgan fingerprint density at radius 2 is 1.80 bits per heavy atom. The second-order valence-corrected chi connectivity index (χ2v) is 11.4. The molecule has 240 valence electrons. The minimum absolute atomic E-state index is 0.186. The summed E-state index contributed by atoms with van der Waals surface area (Å²) in [5.74, 6) is 5.46. The SMILES string of the molecule is CC.Cc1cc2nc3c(c(CN(N)/C=C(\N)CN4CCN(C(=O)CO)CC4)c2cc1C)Cn1c-3cc2c(c1=O)COC(=O)C2O. The average Bonchev–Trinajstić information content (AvgIpc) is 3.39. The van der Waals surface area contributed by atoms with E-state index in [1.54, 1.807) is 21.7 Å². The van der Waals surface area contributed by atoms with E-state index in [0.717, 1.165) is 33.2 Å². The number of ether oxygens (including phenoxy) is 1. The lowest BCUT2D eigenvalue weighted by Crippen LogP contribution is -2.50. The van der Waals surface area contributed by atoms with E-state index in [1.807, 2.05) is 33.8 Å². The second-order valence-electron chi connectivity index (χ2n) is 11.4. The van der Waals surface area contributed by atoms with E-state index in [0.29, 0.717) is 49.8 Å². The molecule has 13 heteroatoms. The van der Waals surface area contributed by atoms with Gasteiger partial charge in [0.05, 0.1) is 35.6 Å². The van der Waals surface area contributed by atoms with Crippen LogP contribution in [0.1, 0.15) is 53.3 Å². The van der Waals surface area contributed by atoms with Crippen molar-refractivity contribution in [2.45, 2.75) is 53.5 Å². The van der Waals surface area contributed by atoms with Crippen LogP contribution in [0.2, 0.25) is 0 Å². The number of nitrogens with zero attached hydrogens (tertiary/aromatic N) is 5. The number of aliphatic hydroxyl groups excluding tert-OH is 2. The number of carbonyl (C=O) groups is 2. The minimum atomic E-state index is -1.53. The number of esters is 1. The highest BCUT2D eigenvalue weighted by molar-refractivity contribution is 5.89. The summed E-state index contributed by atoms with van der Waals surface area (Å²) in [6.45, 7) is 10.7. The Morgan fingerprint density at radius 3 is 2.49 bits per heavy atom. The summed E-state index contributed by atoms with van der Waals surface area (Å²) < 4.78 is 6.63. The molecular formula is C32H41N7O6. The number of amides is 1. The zero-order chi connectivity index (χ0) is 32.6. The lowest BCUT2D eigenvalue weighted by molar-refractivity contribution is -0.157. The first-order chi connectivity index (χ1) is 21.5. The molecule has 1 fully saturated rings. The Labute approximate surface area is 261 Å². The number of rotatable bonds is 6. The van der Waals surface area contributed by atoms with Crippen LogP contribution in [0.4, 0.5) is 0 Å². The molecule has 2 aromatic heterocycles. The number of fused-ring (bicyclic) bond motifs is 5. The van der Waals surface area contributed by atoms with Crippen LogP contribution < -0.4 is 17.1 Å². The van der Waals surface area contributed by atoms with Gasteiger partial charge in [-0.1, -0.05) is 13.8 Å². The summed E-state index contributed by atoms with van der Waals surface area (Å²) in [7, 11) is 0. The van der Waals surface area contributed by atoms with E-state index >= 15 is 0 Å². The number of aromatic nitrogens is 2. The van der Waals surface area contributed by atoms with E-state index in [1.165, 1.54) is 5.01 Å². The van der Waals surface area contributed by atoms with Crippen molar-refractivity contribution in [1.82, 2.24) is 24.4 Å². The third-order valence-electron chi connectivity index (χ3n) is 8.63. The number of piperazine rings is 1. The monoisotopic (exact) mass is 619 g/mol. The summed E-state index contributed by atoms with van der Waals surface area (Å²) in [6.07, 6.45) is 0.166. The number of hydrogen-bond donors (Lipinski definition) is 4. The zero-order valence-corrected chi connectivity index (χ0v) is 26.2. The number of nitrogens with two attached hydrogens (primary N) is 2. The van der Waals surface area contributed by atoms with Crippen molar-refractivity contribution in [1.29, 1.82) is 0 Å². The Hall–Kier alpha value is -4.30. The number of aliphatic hydroxyl groups is 2. The van der Waals surface area contributed by atoms with Gasteiger partial charge in [0.15, 0.2) is 6.10 Å². The molecule has 6 N–H and O–H groups in total. The van der Waals surface area contributed by atoms with Gasteiger partial charge in [0.25, 0.3) is 5.56 Å². The van der Waals surface area contributed by atoms with E-state index in [4.69, 9.17) is 26.4 Å². The second kappa shape index (κ2) is 13.0. The number of cyclic esters (lactones) is 1. The van der Waals surface area contributed by atoms with Gasteiger partial charge in [0.1, 0.15) is 13.2 Å². The molecule has 0 bridgehead atoms. The molecular weight excluding hydrogens is 578 g/mol. The normalized spacial score (nSPS) is 17.7. The lowest BCUT2D eigenvalue weighted by atomic mass is 9.96. The maximum atomic E-state index is 13.5. The van der Waals surface area contributed by atoms with Gasteiger partial charge in [-0.05, 0) is 48.7 Å². The molecule has 6 rings (SSSR count). The van der Waals surface area contributed by atoms with E-state index in [2.05, 4.69) is 11.0 Å². The molecule has 0 spiro atoms. The van der Waals surface area contributed by atoms with Gasteiger partial charge < -0.3 is 35.2 Å². The molecule has 0 saturated carbocycles. The molecule has 3 aliphatic heterocycles. The van der Waals surface area contributed by atoms with Crippen molar-refractivity contribution in [3.8, 4) is 11.4 Å². The molecule has 0 aliphatic carbocycles. The summed E-state index contributed by atoms with van der Waals surface area (Å²) in [5, 5.41) is 22.0. The number of carbonyl (C=O) groups excluding carboxylic acids is 2. The van der Waals surface area contributed by atoms with Crippen LogP contribution in [-0.2, 0) is 34.0 Å². The van der Waals surface area contributed by atoms with Crippen molar-refractivity contribution in [3.05, 3.63) is 73.8 Å². The van der Waals surface area contributed by atoms with Crippen LogP contribution >= 0.6 is 0 Å². The first-order valence-corrected chi connectivity index (χ1v) is 15.2. The molecule has 3 aliphatic rings. The molecule has 0 radical (unpaired) electrons. The van der Waals surface area contributed by atoms with Crippen molar-refractivity contribution >= 4 is 22.8 Å². The highest BCUT2D eigenvalue weighted by Crippen LogP contribution is 2.38. The highest BCUT2D eigenvalue weighted by atomic mass is 16.5. The Kier molecular flexibility index (Phi) is 9.26. The van der Waals surface area contributed by atoms with Crippen molar-refractivity contribution in [2.75, 3.05) is 39.3 Å². The summed E-state index contributed by atoms with van der Waals surface area (Å²) in [5.41, 5.74) is 12.9. The van der Waals surface area contributed by atoms with Crippen molar-refractivity contribution in [2.24, 2.45) is 11.6 Å². The fourth-order valence-electron chi connectivity index (χ4n) is 6.14. The van der Waals surface area contributed by atoms with Crippen LogP contribution in [-0.4, -0.2) is 85.8 Å². The van der Waals surface area contributed by atoms with Gasteiger partial charge in [-0.2, -0.15) is 0 Å². The predicted octanol–water partition coefficient (Wildman–Crippen LogP) is 0.771. The largest absolute Gasteiger partial charge is 0.458 e. The zero-order valence-electron chi connectivity index (χ0n) is 26.2. The third-order valence-corrected chi connectivity index (χ3v) is 8.63. The molecule has 45 heavy (non-hydrogen) atoms. The quantitative estimate of drug-likeness (QED) is 0.136. The first kappa shape index (κ1) is 32.1. The van der Waals surface area contributed by atoms with Gasteiger partial charge in [0, 0.05) is 61.1 Å². The van der Waals surface area contributed by atoms with E-state index < -0.39 is 18.7 Å². The molecule has 1 aromatic carbocycles.